The normalized spacial score (nSPS) is 19.4. The molecule has 0 aliphatic carbocycles. The summed E-state index contributed by atoms with van der Waals surface area (Å²) < 4.78 is 0. The molecule has 3 heteroatoms. The second-order valence-electron chi connectivity index (χ2n) is 4.58. The number of oxime groups is 1. The first kappa shape index (κ1) is 13.2. The zero-order chi connectivity index (χ0) is 11.8. The molecule has 16 heavy (non-hydrogen) atoms. The van der Waals surface area contributed by atoms with Crippen LogP contribution in [0.1, 0.15) is 65.2 Å². The third-order valence-electron chi connectivity index (χ3n) is 3.02. The zero-order valence-corrected chi connectivity index (χ0v) is 10.5. The molecular weight excluding hydrogens is 202 g/mol. The molecule has 1 unspecified atom stereocenters. The molecule has 1 rings (SSSR count). The van der Waals surface area contributed by atoms with E-state index in [1.807, 2.05) is 0 Å². The molecule has 0 amide bonds. The van der Waals surface area contributed by atoms with Crippen LogP contribution in [0.2, 0.25) is 0 Å². The molecule has 1 heterocycles. The van der Waals surface area contributed by atoms with Crippen LogP contribution in [0.15, 0.2) is 5.16 Å². The molecule has 0 radical (unpaired) electrons. The minimum absolute atomic E-state index is 0.0467. The first-order chi connectivity index (χ1) is 7.74. The Morgan fingerprint density at radius 2 is 2.00 bits per heavy atom. The Balaban J connectivity index is 1.98. The van der Waals surface area contributed by atoms with Crippen LogP contribution in [0.5, 0.6) is 0 Å². The Labute approximate surface area is 98.2 Å². The van der Waals surface area contributed by atoms with E-state index in [1.54, 1.807) is 6.92 Å². The van der Waals surface area contributed by atoms with Gasteiger partial charge in [-0.25, -0.2) is 0 Å². The van der Waals surface area contributed by atoms with E-state index in [4.69, 9.17) is 4.84 Å². The van der Waals surface area contributed by atoms with Gasteiger partial charge >= 0.3 is 0 Å². The van der Waals surface area contributed by atoms with Gasteiger partial charge in [0.15, 0.2) is 5.78 Å². The Morgan fingerprint density at radius 1 is 1.31 bits per heavy atom. The number of carbonyl (C=O) groups excluding carboxylic acids is 1. The van der Waals surface area contributed by atoms with E-state index in [2.05, 4.69) is 12.1 Å². The highest BCUT2D eigenvalue weighted by Crippen LogP contribution is 2.18. The van der Waals surface area contributed by atoms with E-state index in [0.717, 1.165) is 6.42 Å². The molecule has 92 valence electrons. The van der Waals surface area contributed by atoms with Crippen LogP contribution in [-0.4, -0.2) is 17.6 Å². The van der Waals surface area contributed by atoms with Gasteiger partial charge in [-0.1, -0.05) is 44.2 Å². The van der Waals surface area contributed by atoms with Gasteiger partial charge in [0.2, 0.25) is 0 Å². The quantitative estimate of drug-likeness (QED) is 0.593. The minimum Gasteiger partial charge on any atom is -0.392 e. The fourth-order valence-corrected chi connectivity index (χ4v) is 1.94. The summed E-state index contributed by atoms with van der Waals surface area (Å²) in [6, 6.07) is 0. The van der Waals surface area contributed by atoms with Crippen LogP contribution in [-0.2, 0) is 9.63 Å². The Morgan fingerprint density at radius 3 is 2.62 bits per heavy atom. The van der Waals surface area contributed by atoms with Crippen molar-refractivity contribution in [2.24, 2.45) is 5.16 Å². The second kappa shape index (κ2) is 7.42. The molecule has 0 aromatic rings. The van der Waals surface area contributed by atoms with E-state index >= 15 is 0 Å². The predicted molar refractivity (Wildman–Crippen MR) is 65.6 cm³/mol. The van der Waals surface area contributed by atoms with Crippen molar-refractivity contribution in [2.45, 2.75) is 71.3 Å². The largest absolute Gasteiger partial charge is 0.392 e. The number of nitrogens with zero attached hydrogens (tertiary/aromatic N) is 1. The predicted octanol–water partition coefficient (Wildman–Crippen LogP) is 3.47. The number of unbranched alkanes of at least 4 members (excludes halogenated alkanes) is 5. The van der Waals surface area contributed by atoms with Gasteiger partial charge in [0.1, 0.15) is 11.8 Å². The van der Waals surface area contributed by atoms with E-state index in [-0.39, 0.29) is 11.9 Å². The average Bonchev–Trinajstić information content (AvgIpc) is 2.72. The van der Waals surface area contributed by atoms with Crippen molar-refractivity contribution in [2.75, 3.05) is 0 Å². The molecule has 0 aromatic carbocycles. The summed E-state index contributed by atoms with van der Waals surface area (Å²) in [4.78, 5) is 16.3. The van der Waals surface area contributed by atoms with Gasteiger partial charge in [-0.2, -0.15) is 0 Å². The fraction of sp³-hybridized carbons (Fsp3) is 0.846. The van der Waals surface area contributed by atoms with Gasteiger partial charge in [0.05, 0.1) is 0 Å². The minimum atomic E-state index is 0.0467. The summed E-state index contributed by atoms with van der Waals surface area (Å²) in [6.45, 7) is 3.78. The van der Waals surface area contributed by atoms with E-state index in [9.17, 15) is 4.79 Å². The first-order valence-corrected chi connectivity index (χ1v) is 6.47. The third-order valence-corrected chi connectivity index (χ3v) is 3.02. The topological polar surface area (TPSA) is 38.7 Å². The SMILES string of the molecule is CCCCCCCCC1CC(C(C)=O)=NO1. The first-order valence-electron chi connectivity index (χ1n) is 6.47. The lowest BCUT2D eigenvalue weighted by molar-refractivity contribution is -0.111. The maximum atomic E-state index is 11.0. The van der Waals surface area contributed by atoms with Gasteiger partial charge < -0.3 is 4.84 Å². The van der Waals surface area contributed by atoms with Crippen LogP contribution in [0.25, 0.3) is 0 Å². The van der Waals surface area contributed by atoms with Gasteiger partial charge in [-0.05, 0) is 12.8 Å². The Hall–Kier alpha value is -0.860. The molecule has 0 saturated carbocycles. The lowest BCUT2D eigenvalue weighted by Gasteiger charge is -2.07. The molecule has 1 aliphatic rings. The molecule has 0 N–H and O–H groups in total. The molecule has 0 bridgehead atoms. The average molecular weight is 225 g/mol. The second-order valence-corrected chi connectivity index (χ2v) is 4.58. The van der Waals surface area contributed by atoms with Crippen molar-refractivity contribution >= 4 is 11.5 Å². The molecule has 0 saturated heterocycles. The smallest absolute Gasteiger partial charge is 0.177 e. The number of Topliss-reactive ketones (excluding diaryl/α,β-unsaturated/α-hetero) is 1. The van der Waals surface area contributed by atoms with E-state index in [0.29, 0.717) is 12.1 Å². The standard InChI is InChI=1S/C13H23NO2/c1-3-4-5-6-7-8-9-12-10-13(11(2)15)14-16-12/h12H,3-10H2,1-2H3. The monoisotopic (exact) mass is 225 g/mol. The molecule has 3 nitrogen and oxygen atoms in total. The summed E-state index contributed by atoms with van der Waals surface area (Å²) in [5.41, 5.74) is 0.607. The summed E-state index contributed by atoms with van der Waals surface area (Å²) in [7, 11) is 0. The summed E-state index contributed by atoms with van der Waals surface area (Å²) in [5, 5.41) is 3.81. The maximum Gasteiger partial charge on any atom is 0.177 e. The summed E-state index contributed by atoms with van der Waals surface area (Å²) >= 11 is 0. The van der Waals surface area contributed by atoms with Crippen LogP contribution >= 0.6 is 0 Å². The Bertz CT molecular complexity index is 248. The van der Waals surface area contributed by atoms with Gasteiger partial charge in [-0.15, -0.1) is 0 Å². The van der Waals surface area contributed by atoms with Crippen molar-refractivity contribution in [3.05, 3.63) is 0 Å². The highest BCUT2D eigenvalue weighted by molar-refractivity contribution is 6.39. The van der Waals surface area contributed by atoms with Crippen LogP contribution < -0.4 is 0 Å². The number of hydrogen-bond donors (Lipinski definition) is 0. The summed E-state index contributed by atoms with van der Waals surface area (Å²) in [5.74, 6) is 0.0467. The molecular formula is C13H23NO2. The number of rotatable bonds is 8. The van der Waals surface area contributed by atoms with Crippen molar-refractivity contribution in [3.63, 3.8) is 0 Å². The molecule has 1 atom stereocenters. The van der Waals surface area contributed by atoms with Crippen LogP contribution in [0.4, 0.5) is 0 Å². The van der Waals surface area contributed by atoms with E-state index in [1.165, 1.54) is 38.5 Å². The fourth-order valence-electron chi connectivity index (χ4n) is 1.94. The van der Waals surface area contributed by atoms with Crippen molar-refractivity contribution in [1.29, 1.82) is 0 Å². The number of ketones is 1. The molecule has 0 spiro atoms. The number of carbonyl (C=O) groups is 1. The Kier molecular flexibility index (Phi) is 6.12. The van der Waals surface area contributed by atoms with Crippen molar-refractivity contribution in [1.82, 2.24) is 0 Å². The highest BCUT2D eigenvalue weighted by Gasteiger charge is 2.22. The van der Waals surface area contributed by atoms with Crippen molar-refractivity contribution in [3.8, 4) is 0 Å². The zero-order valence-electron chi connectivity index (χ0n) is 10.5. The molecule has 1 aliphatic heterocycles. The van der Waals surface area contributed by atoms with E-state index < -0.39 is 0 Å². The van der Waals surface area contributed by atoms with Crippen molar-refractivity contribution < 1.29 is 9.63 Å². The molecule has 0 aromatic heterocycles. The maximum absolute atomic E-state index is 11.0. The summed E-state index contributed by atoms with van der Waals surface area (Å²) in [6.07, 6.45) is 9.67. The van der Waals surface area contributed by atoms with Crippen LogP contribution in [0.3, 0.4) is 0 Å². The van der Waals surface area contributed by atoms with Gasteiger partial charge in [0.25, 0.3) is 0 Å². The highest BCUT2D eigenvalue weighted by atomic mass is 16.6. The molecule has 0 fully saturated rings. The van der Waals surface area contributed by atoms with Crippen LogP contribution in [0, 0.1) is 0 Å². The van der Waals surface area contributed by atoms with Gasteiger partial charge in [-0.3, -0.25) is 4.79 Å². The van der Waals surface area contributed by atoms with Gasteiger partial charge in [0, 0.05) is 13.3 Å². The number of hydrogen-bond acceptors (Lipinski definition) is 3. The lowest BCUT2D eigenvalue weighted by atomic mass is 10.0. The third kappa shape index (κ3) is 4.77. The lowest BCUT2D eigenvalue weighted by Crippen LogP contribution is -2.12.